The molecule has 0 aliphatic carbocycles. The Morgan fingerprint density at radius 2 is 1.73 bits per heavy atom. The molecule has 0 amide bonds. The summed E-state index contributed by atoms with van der Waals surface area (Å²) in [6.07, 6.45) is 0. The minimum Gasteiger partial charge on any atom is -0.206 e. The highest BCUT2D eigenvalue weighted by molar-refractivity contribution is 6.31. The highest BCUT2D eigenvalue weighted by Gasteiger charge is 2.05. The maximum Gasteiger partial charge on any atom is 0.132 e. The average Bonchev–Trinajstić information content (AvgIpc) is 2.17. The van der Waals surface area contributed by atoms with Gasteiger partial charge < -0.3 is 0 Å². The lowest BCUT2D eigenvalue weighted by Crippen LogP contribution is -1.84. The van der Waals surface area contributed by atoms with E-state index in [1.165, 1.54) is 6.07 Å². The molecule has 0 aliphatic heterocycles. The number of hydrogen-bond acceptors (Lipinski definition) is 0. The van der Waals surface area contributed by atoms with Gasteiger partial charge in [-0.2, -0.15) is 0 Å². The third kappa shape index (κ3) is 2.31. The van der Waals surface area contributed by atoms with Gasteiger partial charge in [0.1, 0.15) is 5.82 Å². The molecule has 0 saturated carbocycles. The molecule has 0 aromatic heterocycles. The van der Waals surface area contributed by atoms with Gasteiger partial charge in [-0.15, -0.1) is 0 Å². The number of hydrogen-bond donors (Lipinski definition) is 0. The second kappa shape index (κ2) is 4.21. The lowest BCUT2D eigenvalue weighted by Gasteiger charge is -2.03. The highest BCUT2D eigenvalue weighted by Crippen LogP contribution is 2.26. The van der Waals surface area contributed by atoms with E-state index in [2.05, 4.69) is 6.07 Å². The Kier molecular flexibility index (Phi) is 2.94. The highest BCUT2D eigenvalue weighted by atomic mass is 35.5. The van der Waals surface area contributed by atoms with Crippen molar-refractivity contribution in [2.75, 3.05) is 0 Å². The molecule has 75 valence electrons. The van der Waals surface area contributed by atoms with E-state index in [0.29, 0.717) is 21.2 Å². The zero-order valence-corrected chi connectivity index (χ0v) is 9.11. The third-order valence-electron chi connectivity index (χ3n) is 1.98. The maximum atomic E-state index is 13.5. The van der Waals surface area contributed by atoms with Crippen molar-refractivity contribution in [3.63, 3.8) is 0 Å². The van der Waals surface area contributed by atoms with Crippen LogP contribution in [0.3, 0.4) is 0 Å². The zero-order valence-electron chi connectivity index (χ0n) is 7.60. The van der Waals surface area contributed by atoms with Crippen LogP contribution in [0, 0.1) is 11.9 Å². The van der Waals surface area contributed by atoms with Gasteiger partial charge in [0.25, 0.3) is 0 Å². The molecule has 0 N–H and O–H groups in total. The zero-order chi connectivity index (χ0) is 10.8. The predicted molar refractivity (Wildman–Crippen MR) is 60.7 cm³/mol. The van der Waals surface area contributed by atoms with Gasteiger partial charge in [0, 0.05) is 15.6 Å². The molecule has 2 rings (SSSR count). The molecule has 0 saturated heterocycles. The van der Waals surface area contributed by atoms with Crippen molar-refractivity contribution in [3.8, 4) is 11.1 Å². The van der Waals surface area contributed by atoms with E-state index in [1.807, 2.05) is 0 Å². The van der Waals surface area contributed by atoms with Crippen LogP contribution in [0.25, 0.3) is 11.1 Å². The Bertz CT molecular complexity index is 495. The minimum absolute atomic E-state index is 0.373. The van der Waals surface area contributed by atoms with Crippen LogP contribution in [0.2, 0.25) is 10.0 Å². The largest absolute Gasteiger partial charge is 0.206 e. The van der Waals surface area contributed by atoms with Crippen LogP contribution in [0.4, 0.5) is 4.39 Å². The lowest BCUT2D eigenvalue weighted by molar-refractivity contribution is 0.631. The summed E-state index contributed by atoms with van der Waals surface area (Å²) in [4.78, 5) is 0. The van der Waals surface area contributed by atoms with Crippen LogP contribution in [-0.4, -0.2) is 0 Å². The molecule has 0 spiro atoms. The van der Waals surface area contributed by atoms with Gasteiger partial charge in [-0.25, -0.2) is 4.39 Å². The van der Waals surface area contributed by atoms with Crippen molar-refractivity contribution in [1.82, 2.24) is 0 Å². The van der Waals surface area contributed by atoms with Gasteiger partial charge in [-0.1, -0.05) is 29.3 Å². The van der Waals surface area contributed by atoms with Crippen molar-refractivity contribution >= 4 is 23.2 Å². The summed E-state index contributed by atoms with van der Waals surface area (Å²) in [6.45, 7) is 0. The van der Waals surface area contributed by atoms with Crippen LogP contribution in [0.15, 0.2) is 36.4 Å². The molecular weight excluding hydrogens is 234 g/mol. The first-order valence-electron chi connectivity index (χ1n) is 4.29. The minimum atomic E-state index is -0.374. The summed E-state index contributed by atoms with van der Waals surface area (Å²) in [5, 5.41) is 0.927. The molecule has 0 nitrogen and oxygen atoms in total. The Morgan fingerprint density at radius 3 is 2.40 bits per heavy atom. The first kappa shape index (κ1) is 10.5. The number of halogens is 3. The lowest BCUT2D eigenvalue weighted by atomic mass is 10.1. The van der Waals surface area contributed by atoms with E-state index < -0.39 is 0 Å². The van der Waals surface area contributed by atoms with Crippen molar-refractivity contribution < 1.29 is 4.39 Å². The summed E-state index contributed by atoms with van der Waals surface area (Å²) >= 11 is 11.5. The first-order valence-corrected chi connectivity index (χ1v) is 5.05. The van der Waals surface area contributed by atoms with Gasteiger partial charge in [0.15, 0.2) is 0 Å². The average molecular weight is 240 g/mol. The Labute approximate surface area is 97.3 Å². The molecule has 0 fully saturated rings. The molecule has 2 aromatic carbocycles. The molecular formula is C12H6Cl2F. The van der Waals surface area contributed by atoms with Crippen molar-refractivity contribution in [1.29, 1.82) is 0 Å². The molecule has 3 heteroatoms. The van der Waals surface area contributed by atoms with E-state index in [1.54, 1.807) is 30.3 Å². The van der Waals surface area contributed by atoms with Gasteiger partial charge in [0.05, 0.1) is 0 Å². The Morgan fingerprint density at radius 1 is 1.00 bits per heavy atom. The van der Waals surface area contributed by atoms with E-state index in [-0.39, 0.29) is 5.82 Å². The molecule has 1 radical (unpaired) electrons. The fourth-order valence-electron chi connectivity index (χ4n) is 1.30. The topological polar surface area (TPSA) is 0 Å². The van der Waals surface area contributed by atoms with E-state index in [0.717, 1.165) is 0 Å². The number of benzene rings is 2. The molecule has 0 bridgehead atoms. The van der Waals surface area contributed by atoms with Gasteiger partial charge in [0.2, 0.25) is 0 Å². The van der Waals surface area contributed by atoms with Crippen LogP contribution < -0.4 is 0 Å². The summed E-state index contributed by atoms with van der Waals surface area (Å²) in [7, 11) is 0. The van der Waals surface area contributed by atoms with E-state index >= 15 is 0 Å². The summed E-state index contributed by atoms with van der Waals surface area (Å²) in [6, 6.07) is 12.4. The maximum absolute atomic E-state index is 13.5. The number of rotatable bonds is 1. The second-order valence-electron chi connectivity index (χ2n) is 3.04. The quantitative estimate of drug-likeness (QED) is 0.683. The van der Waals surface area contributed by atoms with Crippen LogP contribution >= 0.6 is 23.2 Å². The smallest absolute Gasteiger partial charge is 0.132 e. The fraction of sp³-hybridized carbons (Fsp3) is 0. The van der Waals surface area contributed by atoms with Crippen LogP contribution in [-0.2, 0) is 0 Å². The third-order valence-corrected chi connectivity index (χ3v) is 2.46. The van der Waals surface area contributed by atoms with Crippen molar-refractivity contribution in [2.24, 2.45) is 0 Å². The summed E-state index contributed by atoms with van der Waals surface area (Å²) in [5.74, 6) is -0.374. The van der Waals surface area contributed by atoms with Gasteiger partial charge in [-0.05, 0) is 42.0 Å². The normalized spacial score (nSPS) is 10.3. The molecule has 2 aromatic rings. The second-order valence-corrected chi connectivity index (χ2v) is 3.92. The first-order chi connectivity index (χ1) is 7.16. The van der Waals surface area contributed by atoms with E-state index in [9.17, 15) is 4.39 Å². The molecule has 15 heavy (non-hydrogen) atoms. The fourth-order valence-corrected chi connectivity index (χ4v) is 1.63. The standard InChI is InChI=1S/C12H6Cl2F/c13-9-3-1-2-8(6-9)11-5-4-10(14)7-12(11)15/h1,3-7H. The van der Waals surface area contributed by atoms with E-state index in [4.69, 9.17) is 23.2 Å². The van der Waals surface area contributed by atoms with Gasteiger partial charge in [-0.3, -0.25) is 0 Å². The Balaban J connectivity index is 2.54. The molecule has 0 atom stereocenters. The molecule has 0 unspecified atom stereocenters. The SMILES string of the molecule is Fc1cc(Cl)ccc1-c1[c]ccc(Cl)c1. The Hall–Kier alpha value is -1.05. The summed E-state index contributed by atoms with van der Waals surface area (Å²) < 4.78 is 13.5. The molecule has 0 aliphatic rings. The van der Waals surface area contributed by atoms with Crippen molar-refractivity contribution in [2.45, 2.75) is 0 Å². The van der Waals surface area contributed by atoms with Crippen LogP contribution in [0.5, 0.6) is 0 Å². The predicted octanol–water partition coefficient (Wildman–Crippen LogP) is 4.60. The van der Waals surface area contributed by atoms with Gasteiger partial charge >= 0.3 is 0 Å². The monoisotopic (exact) mass is 239 g/mol. The molecule has 0 heterocycles. The van der Waals surface area contributed by atoms with Crippen molar-refractivity contribution in [3.05, 3.63) is 58.3 Å². The van der Waals surface area contributed by atoms with Crippen LogP contribution in [0.1, 0.15) is 0 Å². The summed E-state index contributed by atoms with van der Waals surface area (Å²) in [5.41, 5.74) is 1.07.